The van der Waals surface area contributed by atoms with Crippen LogP contribution in [0.3, 0.4) is 0 Å². The average Bonchev–Trinajstić information content (AvgIpc) is 2.77. The van der Waals surface area contributed by atoms with E-state index < -0.39 is 140 Å². The second kappa shape index (κ2) is 23.5. The normalized spacial score (nSPS) is 17.8. The zero-order chi connectivity index (χ0) is 48.0. The molecule has 0 aromatic carbocycles. The molecule has 0 aliphatic heterocycles. The summed E-state index contributed by atoms with van der Waals surface area (Å²) >= 11 is 0. The molecule has 5 atom stereocenters. The molecule has 0 saturated heterocycles. The zero-order valence-electron chi connectivity index (χ0n) is 43.5. The second-order valence-corrected chi connectivity index (χ2v) is 74.3. The third-order valence-corrected chi connectivity index (χ3v) is 62.9. The molecule has 0 radical (unpaired) electrons. The van der Waals surface area contributed by atoms with Crippen molar-refractivity contribution in [3.63, 3.8) is 0 Å². The molecular formula is C29H92O15Si16. The van der Waals surface area contributed by atoms with Gasteiger partial charge in [-0.3, -0.25) is 0 Å². The van der Waals surface area contributed by atoms with Crippen molar-refractivity contribution in [2.45, 2.75) is 190 Å². The Hall–Kier alpha value is 2.87. The molecule has 5 unspecified atom stereocenters. The molecular weight excluding hydrogens is 1040 g/mol. The summed E-state index contributed by atoms with van der Waals surface area (Å²) in [4.78, 5) is 0. The lowest BCUT2D eigenvalue weighted by atomic mass is 11.8. The predicted molar refractivity (Wildman–Crippen MR) is 285 cm³/mol. The van der Waals surface area contributed by atoms with E-state index in [0.29, 0.717) is 0 Å². The van der Waals surface area contributed by atoms with E-state index in [0.717, 1.165) is 0 Å². The third-order valence-electron chi connectivity index (χ3n) is 6.99. The first kappa shape index (κ1) is 62.9. The standard InChI is InChI=1S/C29H92O15Si16/c1-45(30-46(2)32-48(4)34-50(6,7)8)31-47(3)33-49(5)35-52(12,13)37-54(16,17)39-56(20,21)41-58(24,25)43-60(28,29)44-59(26,27)42-57(22,23)40-55(18,19)38-53(14,15)36-51(9,10)11/h45-49H,1-29H3. The van der Waals surface area contributed by atoms with Gasteiger partial charge in [-0.05, 0) is 190 Å². The minimum atomic E-state index is -2.75. The van der Waals surface area contributed by atoms with Crippen LogP contribution in [0.15, 0.2) is 0 Å². The largest absolute Gasteiger partial charge is 0.439 e. The van der Waals surface area contributed by atoms with E-state index in [4.69, 9.17) is 61.7 Å². The maximum atomic E-state index is 6.83. The summed E-state index contributed by atoms with van der Waals surface area (Å²) in [6.45, 7) is 60.6. The van der Waals surface area contributed by atoms with Crippen LogP contribution in [-0.4, -0.2) is 140 Å². The second-order valence-electron chi connectivity index (χ2n) is 21.4. The van der Waals surface area contributed by atoms with Crippen molar-refractivity contribution in [2.75, 3.05) is 0 Å². The van der Waals surface area contributed by atoms with Crippen molar-refractivity contribution in [1.29, 1.82) is 0 Å². The van der Waals surface area contributed by atoms with E-state index in [1.165, 1.54) is 0 Å². The fraction of sp³-hybridized carbons (Fsp3) is 1.00. The van der Waals surface area contributed by atoms with Gasteiger partial charge in [0.05, 0.1) is 0 Å². The van der Waals surface area contributed by atoms with Gasteiger partial charge in [-0.15, -0.1) is 0 Å². The van der Waals surface area contributed by atoms with Gasteiger partial charge in [-0.2, -0.15) is 0 Å². The van der Waals surface area contributed by atoms with Crippen LogP contribution in [-0.2, 0) is 61.7 Å². The molecule has 0 aromatic heterocycles. The van der Waals surface area contributed by atoms with Crippen LogP contribution >= 0.6 is 0 Å². The lowest BCUT2D eigenvalue weighted by molar-refractivity contribution is 0.254. The summed E-state index contributed by atoms with van der Waals surface area (Å²) < 4.78 is 98.3. The van der Waals surface area contributed by atoms with Crippen LogP contribution in [0.25, 0.3) is 0 Å². The van der Waals surface area contributed by atoms with Gasteiger partial charge in [0.25, 0.3) is 46.4 Å². The van der Waals surface area contributed by atoms with E-state index in [1.807, 2.05) is 26.2 Å². The smallest absolute Gasteiger partial charge is 0.314 e. The number of rotatable bonds is 30. The maximum absolute atomic E-state index is 6.83. The van der Waals surface area contributed by atoms with E-state index in [1.54, 1.807) is 0 Å². The number of hydrogen-bond acceptors (Lipinski definition) is 15. The van der Waals surface area contributed by atoms with Gasteiger partial charge in [0.2, 0.25) is 0 Å². The molecule has 0 bridgehead atoms. The minimum Gasteiger partial charge on any atom is -0.439 e. The SMILES string of the molecule is C[SiH](O[SiH](C)O[SiH](C)O[Si](C)(C)C)O[SiH](C)O[SiH](C)O[Si](C)(C)O[Si](C)(C)O[Si](C)(C)O[Si](C)(C)O[Si](C)(C)O[Si](C)(C)O[Si](C)(C)O[Si](C)(C)O[Si](C)(C)O[Si](C)(C)C. The summed E-state index contributed by atoms with van der Waals surface area (Å²) in [6.07, 6.45) is 0. The quantitative estimate of drug-likeness (QED) is 0.0636. The van der Waals surface area contributed by atoms with Gasteiger partial charge >= 0.3 is 77.0 Å². The fourth-order valence-corrected chi connectivity index (χ4v) is 76.3. The molecule has 15 nitrogen and oxygen atoms in total. The van der Waals surface area contributed by atoms with E-state index in [-0.39, 0.29) is 0 Å². The van der Waals surface area contributed by atoms with Crippen LogP contribution in [0.2, 0.25) is 190 Å². The van der Waals surface area contributed by atoms with Crippen LogP contribution in [0.4, 0.5) is 0 Å². The molecule has 0 amide bonds. The molecule has 0 heterocycles. The Kier molecular flexibility index (Phi) is 24.6. The lowest BCUT2D eigenvalue weighted by Crippen LogP contribution is -2.62. The summed E-state index contributed by atoms with van der Waals surface area (Å²) in [5.41, 5.74) is 0. The Bertz CT molecular complexity index is 1300. The molecule has 0 saturated carbocycles. The van der Waals surface area contributed by atoms with Crippen molar-refractivity contribution in [1.82, 2.24) is 0 Å². The van der Waals surface area contributed by atoms with Crippen molar-refractivity contribution in [3.8, 4) is 0 Å². The fourth-order valence-electron chi connectivity index (χ4n) is 7.79. The molecule has 0 aliphatic rings. The maximum Gasteiger partial charge on any atom is 0.314 e. The van der Waals surface area contributed by atoms with Crippen molar-refractivity contribution in [2.24, 2.45) is 0 Å². The Morgan fingerprint density at radius 1 is 0.200 bits per heavy atom. The molecule has 362 valence electrons. The van der Waals surface area contributed by atoms with Gasteiger partial charge in [0, 0.05) is 0 Å². The topological polar surface area (TPSA) is 138 Å². The van der Waals surface area contributed by atoms with E-state index in [2.05, 4.69) is 164 Å². The Balaban J connectivity index is 5.35. The molecule has 0 aromatic rings. The highest BCUT2D eigenvalue weighted by Gasteiger charge is 2.51. The summed E-state index contributed by atoms with van der Waals surface area (Å²) in [7, 11) is -36.9. The first-order valence-corrected chi connectivity index (χ1v) is 64.0. The van der Waals surface area contributed by atoms with Crippen LogP contribution in [0.1, 0.15) is 0 Å². The van der Waals surface area contributed by atoms with Gasteiger partial charge in [0.1, 0.15) is 0 Å². The highest BCUT2D eigenvalue weighted by atomic mass is 28.5. The molecule has 0 aliphatic carbocycles. The lowest BCUT2D eigenvalue weighted by Gasteiger charge is -2.44. The third kappa shape index (κ3) is 31.8. The van der Waals surface area contributed by atoms with Crippen molar-refractivity contribution in [3.05, 3.63) is 0 Å². The first-order valence-electron chi connectivity index (χ1n) is 21.3. The van der Waals surface area contributed by atoms with Crippen LogP contribution in [0, 0.1) is 0 Å². The Morgan fingerprint density at radius 3 is 0.600 bits per heavy atom. The Morgan fingerprint density at radius 2 is 0.383 bits per heavy atom. The molecule has 60 heavy (non-hydrogen) atoms. The van der Waals surface area contributed by atoms with Gasteiger partial charge in [-0.25, -0.2) is 0 Å². The van der Waals surface area contributed by atoms with Crippen molar-refractivity contribution < 1.29 is 61.7 Å². The van der Waals surface area contributed by atoms with Gasteiger partial charge in [0.15, 0.2) is 16.6 Å². The zero-order valence-corrected chi connectivity index (χ0v) is 60.3. The highest BCUT2D eigenvalue weighted by molar-refractivity contribution is 6.93. The van der Waals surface area contributed by atoms with Crippen LogP contribution in [0.5, 0.6) is 0 Å². The molecule has 0 spiro atoms. The predicted octanol–water partition coefficient (Wildman–Crippen LogP) is 8.47. The van der Waals surface area contributed by atoms with Gasteiger partial charge < -0.3 is 61.7 Å². The molecule has 0 N–H and O–H groups in total. The monoisotopic (exact) mass is 1130 g/mol. The summed E-state index contributed by atoms with van der Waals surface area (Å²) in [6, 6.07) is 0. The van der Waals surface area contributed by atoms with Crippen molar-refractivity contribution >= 4 is 140 Å². The summed E-state index contributed by atoms with van der Waals surface area (Å²) in [5.74, 6) is 0. The van der Waals surface area contributed by atoms with Gasteiger partial charge in [-0.1, -0.05) is 0 Å². The molecule has 0 rings (SSSR count). The summed E-state index contributed by atoms with van der Waals surface area (Å²) in [5, 5.41) is 0. The molecule has 31 heteroatoms. The highest BCUT2D eigenvalue weighted by Crippen LogP contribution is 2.31. The Labute approximate surface area is 388 Å². The minimum absolute atomic E-state index is 1.63. The number of hydrogen-bond donors (Lipinski definition) is 0. The first-order chi connectivity index (χ1) is 26.0. The van der Waals surface area contributed by atoms with E-state index >= 15 is 0 Å². The van der Waals surface area contributed by atoms with Crippen LogP contribution < -0.4 is 0 Å². The molecule has 0 fully saturated rings. The average molecular weight is 1130 g/mol. The van der Waals surface area contributed by atoms with E-state index in [9.17, 15) is 0 Å².